The number of carbonyl (C=O) groups is 1. The standard InChI is InChI=1S/C12H17N5OS/c1-4-5-17-11(13-7-14-17)8(2)15-12(18)10-6-19-9(3)16-10/h6-8H,4-5H2,1-3H3,(H,15,18). The lowest BCUT2D eigenvalue weighted by molar-refractivity contribution is 0.0933. The summed E-state index contributed by atoms with van der Waals surface area (Å²) in [6.45, 7) is 6.65. The third-order valence-corrected chi connectivity index (χ3v) is 3.44. The zero-order chi connectivity index (χ0) is 13.8. The van der Waals surface area contributed by atoms with Crippen molar-refractivity contribution in [1.29, 1.82) is 0 Å². The summed E-state index contributed by atoms with van der Waals surface area (Å²) >= 11 is 1.46. The maximum Gasteiger partial charge on any atom is 0.271 e. The van der Waals surface area contributed by atoms with Crippen LogP contribution in [-0.4, -0.2) is 25.7 Å². The minimum absolute atomic E-state index is 0.178. The first kappa shape index (κ1) is 13.7. The molecule has 6 nitrogen and oxygen atoms in total. The molecule has 2 aromatic heterocycles. The molecule has 0 radical (unpaired) electrons. The molecule has 1 amide bonds. The Morgan fingerprint density at radius 2 is 2.37 bits per heavy atom. The van der Waals surface area contributed by atoms with Gasteiger partial charge in [0.2, 0.25) is 0 Å². The summed E-state index contributed by atoms with van der Waals surface area (Å²) in [5, 5.41) is 9.68. The monoisotopic (exact) mass is 279 g/mol. The van der Waals surface area contributed by atoms with E-state index < -0.39 is 0 Å². The van der Waals surface area contributed by atoms with Gasteiger partial charge >= 0.3 is 0 Å². The first-order valence-electron chi connectivity index (χ1n) is 6.22. The molecular formula is C12H17N5OS. The molecule has 0 aliphatic heterocycles. The van der Waals surface area contributed by atoms with Crippen LogP contribution in [0.3, 0.4) is 0 Å². The SMILES string of the molecule is CCCn1ncnc1C(C)NC(=O)c1csc(C)n1. The molecule has 0 aromatic carbocycles. The van der Waals surface area contributed by atoms with Gasteiger partial charge in [0.25, 0.3) is 5.91 Å². The summed E-state index contributed by atoms with van der Waals surface area (Å²) in [5.74, 6) is 0.588. The number of thiazole rings is 1. The van der Waals surface area contributed by atoms with Gasteiger partial charge in [0.15, 0.2) is 0 Å². The Bertz CT molecular complexity index is 562. The fraction of sp³-hybridized carbons (Fsp3) is 0.500. The van der Waals surface area contributed by atoms with Crippen LogP contribution >= 0.6 is 11.3 Å². The van der Waals surface area contributed by atoms with Gasteiger partial charge in [-0.1, -0.05) is 6.92 Å². The fourth-order valence-electron chi connectivity index (χ4n) is 1.80. The number of nitrogens with one attached hydrogen (secondary N) is 1. The molecule has 1 N–H and O–H groups in total. The molecule has 0 fully saturated rings. The lowest BCUT2D eigenvalue weighted by Crippen LogP contribution is -2.29. The molecule has 0 aliphatic rings. The summed E-state index contributed by atoms with van der Waals surface area (Å²) in [6.07, 6.45) is 2.49. The van der Waals surface area contributed by atoms with Crippen LogP contribution in [0.2, 0.25) is 0 Å². The number of amides is 1. The number of carbonyl (C=O) groups excluding carboxylic acids is 1. The number of aryl methyl sites for hydroxylation is 2. The van der Waals surface area contributed by atoms with Crippen molar-refractivity contribution in [1.82, 2.24) is 25.1 Å². The summed E-state index contributed by atoms with van der Waals surface area (Å²) in [7, 11) is 0. The Hall–Kier alpha value is -1.76. The van der Waals surface area contributed by atoms with Crippen LogP contribution in [0.4, 0.5) is 0 Å². The number of nitrogens with zero attached hydrogens (tertiary/aromatic N) is 4. The molecule has 2 heterocycles. The number of rotatable bonds is 5. The molecule has 7 heteroatoms. The van der Waals surface area contributed by atoms with Crippen LogP contribution in [0, 0.1) is 6.92 Å². The van der Waals surface area contributed by atoms with Crippen molar-refractivity contribution in [3.63, 3.8) is 0 Å². The van der Waals surface area contributed by atoms with E-state index >= 15 is 0 Å². The van der Waals surface area contributed by atoms with E-state index in [1.54, 1.807) is 5.38 Å². The average molecular weight is 279 g/mol. The highest BCUT2D eigenvalue weighted by Gasteiger charge is 2.17. The van der Waals surface area contributed by atoms with Gasteiger partial charge in [-0.15, -0.1) is 11.3 Å². The van der Waals surface area contributed by atoms with Crippen molar-refractivity contribution >= 4 is 17.2 Å². The van der Waals surface area contributed by atoms with Crippen LogP contribution in [0.15, 0.2) is 11.7 Å². The quantitative estimate of drug-likeness (QED) is 0.908. The Labute approximate surface area is 115 Å². The number of hydrogen-bond donors (Lipinski definition) is 1. The second-order valence-electron chi connectivity index (χ2n) is 4.29. The molecule has 0 aliphatic carbocycles. The van der Waals surface area contributed by atoms with E-state index in [2.05, 4.69) is 27.3 Å². The largest absolute Gasteiger partial charge is 0.341 e. The Kier molecular flexibility index (Phi) is 4.26. The van der Waals surface area contributed by atoms with Gasteiger partial charge in [-0.05, 0) is 20.3 Å². The van der Waals surface area contributed by atoms with Gasteiger partial charge in [0, 0.05) is 11.9 Å². The van der Waals surface area contributed by atoms with Crippen molar-refractivity contribution in [2.75, 3.05) is 0 Å². The molecule has 0 saturated heterocycles. The van der Waals surface area contributed by atoms with Gasteiger partial charge in [0.1, 0.15) is 17.8 Å². The van der Waals surface area contributed by atoms with E-state index in [9.17, 15) is 4.79 Å². The maximum atomic E-state index is 12.0. The highest BCUT2D eigenvalue weighted by Crippen LogP contribution is 2.12. The number of aromatic nitrogens is 4. The molecular weight excluding hydrogens is 262 g/mol. The Morgan fingerprint density at radius 3 is 3.00 bits per heavy atom. The van der Waals surface area contributed by atoms with Gasteiger partial charge < -0.3 is 5.32 Å². The van der Waals surface area contributed by atoms with Crippen LogP contribution < -0.4 is 5.32 Å². The lowest BCUT2D eigenvalue weighted by atomic mass is 10.3. The zero-order valence-electron chi connectivity index (χ0n) is 11.3. The van der Waals surface area contributed by atoms with Crippen LogP contribution in [0.5, 0.6) is 0 Å². The second kappa shape index (κ2) is 5.92. The Balaban J connectivity index is 2.06. The molecule has 0 bridgehead atoms. The van der Waals surface area contributed by atoms with Crippen molar-refractivity contribution in [3.8, 4) is 0 Å². The summed E-state index contributed by atoms with van der Waals surface area (Å²) < 4.78 is 1.82. The lowest BCUT2D eigenvalue weighted by Gasteiger charge is -2.13. The predicted octanol–water partition coefficient (Wildman–Crippen LogP) is 1.94. The van der Waals surface area contributed by atoms with Crippen molar-refractivity contribution in [2.45, 2.75) is 39.8 Å². The van der Waals surface area contributed by atoms with Gasteiger partial charge in [-0.25, -0.2) is 14.6 Å². The van der Waals surface area contributed by atoms with E-state index in [1.165, 1.54) is 17.7 Å². The van der Waals surface area contributed by atoms with E-state index in [0.29, 0.717) is 5.69 Å². The van der Waals surface area contributed by atoms with Gasteiger partial charge in [-0.3, -0.25) is 4.79 Å². The molecule has 2 aromatic rings. The van der Waals surface area contributed by atoms with Crippen molar-refractivity contribution < 1.29 is 4.79 Å². The van der Waals surface area contributed by atoms with E-state index in [1.807, 2.05) is 18.5 Å². The summed E-state index contributed by atoms with van der Waals surface area (Å²) in [6, 6.07) is -0.191. The third-order valence-electron chi connectivity index (χ3n) is 2.67. The van der Waals surface area contributed by atoms with Crippen molar-refractivity contribution in [2.24, 2.45) is 0 Å². The van der Waals surface area contributed by atoms with Crippen LogP contribution in [0.1, 0.15) is 47.6 Å². The van der Waals surface area contributed by atoms with Crippen LogP contribution in [-0.2, 0) is 6.54 Å². The predicted molar refractivity (Wildman–Crippen MR) is 73.0 cm³/mol. The minimum Gasteiger partial charge on any atom is -0.341 e. The fourth-order valence-corrected chi connectivity index (χ4v) is 2.39. The first-order chi connectivity index (χ1) is 9.11. The zero-order valence-corrected chi connectivity index (χ0v) is 12.1. The topological polar surface area (TPSA) is 72.7 Å². The smallest absolute Gasteiger partial charge is 0.271 e. The third kappa shape index (κ3) is 3.17. The Morgan fingerprint density at radius 1 is 1.58 bits per heavy atom. The van der Waals surface area contributed by atoms with Gasteiger partial charge in [0.05, 0.1) is 11.0 Å². The average Bonchev–Trinajstić information content (AvgIpc) is 2.98. The molecule has 2 rings (SSSR count). The first-order valence-corrected chi connectivity index (χ1v) is 7.10. The maximum absolute atomic E-state index is 12.0. The molecule has 1 atom stereocenters. The van der Waals surface area contributed by atoms with Crippen LogP contribution in [0.25, 0.3) is 0 Å². The van der Waals surface area contributed by atoms with E-state index in [0.717, 1.165) is 23.8 Å². The molecule has 0 spiro atoms. The molecule has 102 valence electrons. The number of hydrogen-bond acceptors (Lipinski definition) is 5. The van der Waals surface area contributed by atoms with Crippen molar-refractivity contribution in [3.05, 3.63) is 28.2 Å². The highest BCUT2D eigenvalue weighted by molar-refractivity contribution is 7.09. The summed E-state index contributed by atoms with van der Waals surface area (Å²) in [5.41, 5.74) is 0.455. The summed E-state index contributed by atoms with van der Waals surface area (Å²) in [4.78, 5) is 20.4. The molecule has 19 heavy (non-hydrogen) atoms. The highest BCUT2D eigenvalue weighted by atomic mass is 32.1. The normalized spacial score (nSPS) is 12.4. The van der Waals surface area contributed by atoms with E-state index in [4.69, 9.17) is 0 Å². The molecule has 1 unspecified atom stereocenters. The minimum atomic E-state index is -0.191. The van der Waals surface area contributed by atoms with Gasteiger partial charge in [-0.2, -0.15) is 5.10 Å². The van der Waals surface area contributed by atoms with E-state index in [-0.39, 0.29) is 11.9 Å². The second-order valence-corrected chi connectivity index (χ2v) is 5.35. The molecule has 0 saturated carbocycles.